The van der Waals surface area contributed by atoms with E-state index in [4.69, 9.17) is 0 Å². The van der Waals surface area contributed by atoms with Crippen molar-refractivity contribution in [2.75, 3.05) is 6.54 Å². The van der Waals surface area contributed by atoms with Gasteiger partial charge in [-0.1, -0.05) is 18.9 Å². The summed E-state index contributed by atoms with van der Waals surface area (Å²) in [5.74, 6) is -0.642. The second-order valence-corrected chi connectivity index (χ2v) is 7.30. The molecular formula is C15H16N2O3S2. The van der Waals surface area contributed by atoms with Gasteiger partial charge in [0.05, 0.1) is 4.91 Å². The Bertz CT molecular complexity index is 619. The smallest absolute Gasteiger partial charge is 0.294 e. The number of thiophene rings is 1. The number of carbonyl (C=O) groups is 3. The van der Waals surface area contributed by atoms with Gasteiger partial charge in [-0.05, 0) is 42.1 Å². The highest BCUT2D eigenvalue weighted by Crippen LogP contribution is 2.32. The van der Waals surface area contributed by atoms with Gasteiger partial charge in [-0.2, -0.15) is 0 Å². The van der Waals surface area contributed by atoms with E-state index in [2.05, 4.69) is 5.32 Å². The average molecular weight is 336 g/mol. The van der Waals surface area contributed by atoms with Crippen LogP contribution >= 0.6 is 23.1 Å². The summed E-state index contributed by atoms with van der Waals surface area (Å²) in [6, 6.07) is 3.95. The highest BCUT2D eigenvalue weighted by molar-refractivity contribution is 8.18. The van der Waals surface area contributed by atoms with Crippen LogP contribution in [0, 0.1) is 0 Å². The standard InChI is InChI=1S/C15H16N2O3S2/c18-13(16-10-4-1-2-5-10)9-17-14(19)12(22-15(17)20)8-11-6-3-7-21-11/h3,6-8,10H,1-2,4-5,9H2,(H,16,18)/b12-8-. The van der Waals surface area contributed by atoms with Crippen molar-refractivity contribution in [2.24, 2.45) is 0 Å². The Morgan fingerprint density at radius 3 is 2.82 bits per heavy atom. The minimum atomic E-state index is -0.384. The van der Waals surface area contributed by atoms with Crippen LogP contribution in [0.15, 0.2) is 22.4 Å². The molecule has 1 aliphatic heterocycles. The molecule has 2 heterocycles. The maximum absolute atomic E-state index is 12.3. The number of hydrogen-bond donors (Lipinski definition) is 1. The number of nitrogens with one attached hydrogen (secondary N) is 1. The first-order valence-corrected chi connectivity index (χ1v) is 8.91. The van der Waals surface area contributed by atoms with E-state index in [0.29, 0.717) is 4.91 Å². The fourth-order valence-electron chi connectivity index (χ4n) is 2.63. The summed E-state index contributed by atoms with van der Waals surface area (Å²) in [6.07, 6.45) is 5.90. The molecule has 3 amide bonds. The highest BCUT2D eigenvalue weighted by Gasteiger charge is 2.36. The third kappa shape index (κ3) is 3.41. The third-order valence-electron chi connectivity index (χ3n) is 3.71. The number of carbonyl (C=O) groups excluding carboxylic acids is 3. The molecule has 0 spiro atoms. The van der Waals surface area contributed by atoms with Gasteiger partial charge in [0, 0.05) is 10.9 Å². The van der Waals surface area contributed by atoms with Crippen molar-refractivity contribution in [1.29, 1.82) is 0 Å². The van der Waals surface area contributed by atoms with E-state index >= 15 is 0 Å². The lowest BCUT2D eigenvalue weighted by Gasteiger charge is -2.15. The van der Waals surface area contributed by atoms with E-state index in [0.717, 1.165) is 47.2 Å². The second kappa shape index (κ2) is 6.66. The molecule has 5 nitrogen and oxygen atoms in total. The molecule has 2 aliphatic rings. The Kier molecular flexibility index (Phi) is 4.63. The Labute approximate surface area is 136 Å². The van der Waals surface area contributed by atoms with Crippen LogP contribution in [-0.2, 0) is 9.59 Å². The quantitative estimate of drug-likeness (QED) is 0.859. The Hall–Kier alpha value is -1.60. The molecule has 1 N–H and O–H groups in total. The van der Waals surface area contributed by atoms with Crippen molar-refractivity contribution in [2.45, 2.75) is 31.7 Å². The van der Waals surface area contributed by atoms with E-state index in [1.165, 1.54) is 11.3 Å². The molecule has 2 fully saturated rings. The van der Waals surface area contributed by atoms with Crippen molar-refractivity contribution < 1.29 is 14.4 Å². The largest absolute Gasteiger partial charge is 0.352 e. The summed E-state index contributed by atoms with van der Waals surface area (Å²) in [7, 11) is 0. The molecule has 0 unspecified atom stereocenters. The van der Waals surface area contributed by atoms with E-state index in [1.54, 1.807) is 6.08 Å². The molecule has 0 atom stereocenters. The fraction of sp³-hybridized carbons (Fsp3) is 0.400. The first-order chi connectivity index (χ1) is 10.6. The number of thioether (sulfide) groups is 1. The lowest BCUT2D eigenvalue weighted by molar-refractivity contribution is -0.129. The summed E-state index contributed by atoms with van der Waals surface area (Å²) < 4.78 is 0. The third-order valence-corrected chi connectivity index (χ3v) is 5.44. The monoisotopic (exact) mass is 336 g/mol. The van der Waals surface area contributed by atoms with Crippen LogP contribution in [0.4, 0.5) is 4.79 Å². The van der Waals surface area contributed by atoms with Crippen LogP contribution in [0.2, 0.25) is 0 Å². The predicted octanol–water partition coefficient (Wildman–Crippen LogP) is 2.84. The Balaban J connectivity index is 1.63. The lowest BCUT2D eigenvalue weighted by atomic mass is 10.2. The van der Waals surface area contributed by atoms with Gasteiger partial charge in [-0.25, -0.2) is 0 Å². The number of rotatable bonds is 4. The first-order valence-electron chi connectivity index (χ1n) is 7.22. The van der Waals surface area contributed by atoms with Crippen LogP contribution in [0.5, 0.6) is 0 Å². The van der Waals surface area contributed by atoms with Gasteiger partial charge in [0.25, 0.3) is 11.1 Å². The minimum absolute atomic E-state index is 0.189. The molecule has 7 heteroatoms. The molecular weight excluding hydrogens is 320 g/mol. The zero-order chi connectivity index (χ0) is 15.5. The average Bonchev–Trinajstić information content (AvgIpc) is 3.20. The second-order valence-electron chi connectivity index (χ2n) is 5.33. The highest BCUT2D eigenvalue weighted by atomic mass is 32.2. The molecule has 116 valence electrons. The predicted molar refractivity (Wildman–Crippen MR) is 87.4 cm³/mol. The minimum Gasteiger partial charge on any atom is -0.352 e. The molecule has 22 heavy (non-hydrogen) atoms. The normalized spacial score (nSPS) is 21.1. The van der Waals surface area contributed by atoms with Gasteiger partial charge in [-0.3, -0.25) is 19.3 Å². The van der Waals surface area contributed by atoms with Gasteiger partial charge in [-0.15, -0.1) is 11.3 Å². The van der Waals surface area contributed by atoms with Crippen LogP contribution in [0.3, 0.4) is 0 Å². The summed E-state index contributed by atoms with van der Waals surface area (Å²) in [5.41, 5.74) is 0. The summed E-state index contributed by atoms with van der Waals surface area (Å²) in [6.45, 7) is -0.192. The lowest BCUT2D eigenvalue weighted by Crippen LogP contribution is -2.42. The summed E-state index contributed by atoms with van der Waals surface area (Å²) in [5, 5.41) is 4.42. The molecule has 1 saturated carbocycles. The summed E-state index contributed by atoms with van der Waals surface area (Å²) in [4.78, 5) is 38.5. The van der Waals surface area contributed by atoms with Crippen molar-refractivity contribution >= 4 is 46.2 Å². The maximum atomic E-state index is 12.3. The van der Waals surface area contributed by atoms with E-state index < -0.39 is 0 Å². The van der Waals surface area contributed by atoms with E-state index in [-0.39, 0.29) is 29.6 Å². The molecule has 0 bridgehead atoms. The van der Waals surface area contributed by atoms with E-state index in [1.807, 2.05) is 17.5 Å². The molecule has 0 radical (unpaired) electrons. The van der Waals surface area contributed by atoms with Crippen molar-refractivity contribution in [3.63, 3.8) is 0 Å². The van der Waals surface area contributed by atoms with E-state index in [9.17, 15) is 14.4 Å². The topological polar surface area (TPSA) is 66.5 Å². The van der Waals surface area contributed by atoms with Gasteiger partial charge in [0.15, 0.2) is 0 Å². The SMILES string of the molecule is O=C(CN1C(=O)S/C(=C\c2cccs2)C1=O)NC1CCCC1. The van der Waals surface area contributed by atoms with Crippen LogP contribution in [0.1, 0.15) is 30.6 Å². The molecule has 1 saturated heterocycles. The number of hydrogen-bond acceptors (Lipinski definition) is 5. The molecule has 1 aliphatic carbocycles. The summed E-state index contributed by atoms with van der Waals surface area (Å²) >= 11 is 2.39. The molecule has 0 aromatic carbocycles. The fourth-order valence-corrected chi connectivity index (χ4v) is 4.19. The van der Waals surface area contributed by atoms with Gasteiger partial charge in [0.1, 0.15) is 6.54 Å². The number of imide groups is 1. The first kappa shape index (κ1) is 15.3. The van der Waals surface area contributed by atoms with Crippen LogP contribution < -0.4 is 5.32 Å². The molecule has 3 rings (SSSR count). The van der Waals surface area contributed by atoms with Crippen molar-refractivity contribution in [1.82, 2.24) is 10.2 Å². The zero-order valence-electron chi connectivity index (χ0n) is 11.9. The Morgan fingerprint density at radius 2 is 2.14 bits per heavy atom. The molecule has 1 aromatic heterocycles. The van der Waals surface area contributed by atoms with Crippen molar-refractivity contribution in [3.05, 3.63) is 27.3 Å². The molecule has 1 aromatic rings. The van der Waals surface area contributed by atoms with Crippen LogP contribution in [0.25, 0.3) is 6.08 Å². The zero-order valence-corrected chi connectivity index (χ0v) is 13.5. The Morgan fingerprint density at radius 1 is 1.36 bits per heavy atom. The maximum Gasteiger partial charge on any atom is 0.294 e. The number of amides is 3. The van der Waals surface area contributed by atoms with Gasteiger partial charge in [0.2, 0.25) is 5.91 Å². The van der Waals surface area contributed by atoms with Gasteiger partial charge >= 0.3 is 0 Å². The van der Waals surface area contributed by atoms with Crippen molar-refractivity contribution in [3.8, 4) is 0 Å². The number of nitrogens with zero attached hydrogens (tertiary/aromatic N) is 1. The van der Waals surface area contributed by atoms with Gasteiger partial charge < -0.3 is 5.32 Å². The van der Waals surface area contributed by atoms with Crippen LogP contribution in [-0.4, -0.2) is 34.5 Å².